The van der Waals surface area contributed by atoms with Gasteiger partial charge in [-0.05, 0) is 64.2 Å². The summed E-state index contributed by atoms with van der Waals surface area (Å²) in [5.41, 5.74) is 0.359. The average molecular weight is 554 g/mol. The van der Waals surface area contributed by atoms with Crippen LogP contribution in [0.3, 0.4) is 0 Å². The number of carbonyl (C=O) groups excluding carboxylic acids is 2. The van der Waals surface area contributed by atoms with Crippen molar-refractivity contribution in [1.82, 2.24) is 5.32 Å². The number of hydrogen-bond donors (Lipinski definition) is 1. The number of nitrogens with one attached hydrogen (secondary N) is 1. The summed E-state index contributed by atoms with van der Waals surface area (Å²) in [6.07, 6.45) is 1.70. The maximum atomic E-state index is 12.3. The van der Waals surface area contributed by atoms with Crippen molar-refractivity contribution in [3.8, 4) is 5.75 Å². The highest BCUT2D eigenvalue weighted by Gasteiger charge is 2.30. The van der Waals surface area contributed by atoms with Crippen LogP contribution in [0, 0.1) is 11.8 Å². The Balaban J connectivity index is 2.92. The molecular formula is C30H51NO8. The molecule has 0 radical (unpaired) electrons. The summed E-state index contributed by atoms with van der Waals surface area (Å²) in [4.78, 5) is 24.6. The van der Waals surface area contributed by atoms with Crippen LogP contribution in [0.25, 0.3) is 0 Å². The van der Waals surface area contributed by atoms with Crippen LogP contribution >= 0.6 is 0 Å². The van der Waals surface area contributed by atoms with Gasteiger partial charge in [-0.1, -0.05) is 39.3 Å². The number of carbonyl (C=O) groups is 2. The Morgan fingerprint density at radius 1 is 0.949 bits per heavy atom. The van der Waals surface area contributed by atoms with Crippen LogP contribution in [-0.4, -0.2) is 70.0 Å². The number of alkyl carbamates (subject to hydrolysis) is 1. The van der Waals surface area contributed by atoms with Gasteiger partial charge in [0.05, 0.1) is 46.2 Å². The second kappa shape index (κ2) is 18.1. The molecule has 9 nitrogen and oxygen atoms in total. The molecule has 1 aromatic carbocycles. The van der Waals surface area contributed by atoms with E-state index in [0.717, 1.165) is 30.6 Å². The summed E-state index contributed by atoms with van der Waals surface area (Å²) >= 11 is 0. The minimum atomic E-state index is -1.01. The Hall–Kier alpha value is -2.36. The monoisotopic (exact) mass is 553 g/mol. The van der Waals surface area contributed by atoms with Gasteiger partial charge in [0.1, 0.15) is 11.4 Å². The molecule has 1 N–H and O–H groups in total. The molecule has 0 fully saturated rings. The molecule has 224 valence electrons. The summed E-state index contributed by atoms with van der Waals surface area (Å²) in [5.74, 6) is 0.779. The quantitative estimate of drug-likeness (QED) is 0.237. The number of esters is 1. The van der Waals surface area contributed by atoms with Crippen molar-refractivity contribution in [2.24, 2.45) is 11.8 Å². The Bertz CT molecular complexity index is 821. The molecule has 0 aliphatic heterocycles. The van der Waals surface area contributed by atoms with E-state index >= 15 is 0 Å². The van der Waals surface area contributed by atoms with Crippen molar-refractivity contribution in [2.75, 3.05) is 34.0 Å². The minimum Gasteiger partial charge on any atom is -0.497 e. The van der Waals surface area contributed by atoms with Gasteiger partial charge in [-0.25, -0.2) is 9.59 Å². The Kier molecular flexibility index (Phi) is 16.1. The van der Waals surface area contributed by atoms with Gasteiger partial charge in [-0.3, -0.25) is 0 Å². The first-order chi connectivity index (χ1) is 18.4. The molecule has 0 bridgehead atoms. The van der Waals surface area contributed by atoms with Crippen LogP contribution in [0.5, 0.6) is 5.75 Å². The number of hydrogen-bond acceptors (Lipinski definition) is 8. The molecule has 0 saturated heterocycles. The number of benzene rings is 1. The number of rotatable bonds is 18. The predicted molar refractivity (Wildman–Crippen MR) is 151 cm³/mol. The maximum Gasteiger partial charge on any atom is 0.408 e. The number of ether oxygens (including phenoxy) is 6. The van der Waals surface area contributed by atoms with Gasteiger partial charge in [0.25, 0.3) is 0 Å². The molecule has 0 aliphatic rings. The van der Waals surface area contributed by atoms with Crippen LogP contribution in [0.1, 0.15) is 73.3 Å². The number of amides is 1. The molecule has 0 spiro atoms. The average Bonchev–Trinajstić information content (AvgIpc) is 2.88. The van der Waals surface area contributed by atoms with Crippen molar-refractivity contribution in [2.45, 2.75) is 98.2 Å². The van der Waals surface area contributed by atoms with Crippen molar-refractivity contribution in [1.29, 1.82) is 0 Å². The molecule has 0 aliphatic carbocycles. The Labute approximate surface area is 235 Å². The van der Waals surface area contributed by atoms with E-state index in [-0.39, 0.29) is 31.3 Å². The molecule has 0 saturated carbocycles. The van der Waals surface area contributed by atoms with E-state index in [9.17, 15) is 9.59 Å². The molecule has 4 atom stereocenters. The second-order valence-electron chi connectivity index (χ2n) is 11.2. The van der Waals surface area contributed by atoms with E-state index in [1.165, 1.54) is 7.11 Å². The lowest BCUT2D eigenvalue weighted by atomic mass is 9.89. The van der Waals surface area contributed by atoms with Crippen LogP contribution in [0.15, 0.2) is 24.3 Å². The van der Waals surface area contributed by atoms with Gasteiger partial charge in [0, 0.05) is 12.5 Å². The molecule has 39 heavy (non-hydrogen) atoms. The molecular weight excluding hydrogens is 502 g/mol. The standard InChI is InChI=1S/C30H51NO8/c1-10-17-37-27(20-36-19-26(28(32)35-9)31-29(33)39-30(5,6)7)25(16-11-21(2)3)22(4)38-18-23-12-14-24(34-8)15-13-23/h12-15,21-22,25-27H,10-11,16-20H2,1-9H3,(H,31,33)/t22?,25-,26-,27-/m0/s1. The van der Waals surface area contributed by atoms with E-state index < -0.39 is 23.7 Å². The van der Waals surface area contributed by atoms with Crippen molar-refractivity contribution < 1.29 is 38.0 Å². The van der Waals surface area contributed by atoms with Gasteiger partial charge in [0.15, 0.2) is 6.04 Å². The highest BCUT2D eigenvalue weighted by atomic mass is 16.6. The lowest BCUT2D eigenvalue weighted by Crippen LogP contribution is -2.47. The van der Waals surface area contributed by atoms with Crippen molar-refractivity contribution in [3.05, 3.63) is 29.8 Å². The van der Waals surface area contributed by atoms with Crippen LogP contribution in [-0.2, 0) is 35.1 Å². The second-order valence-corrected chi connectivity index (χ2v) is 11.2. The van der Waals surface area contributed by atoms with E-state index in [4.69, 9.17) is 28.4 Å². The Morgan fingerprint density at radius 3 is 2.15 bits per heavy atom. The highest BCUT2D eigenvalue weighted by Crippen LogP contribution is 2.25. The van der Waals surface area contributed by atoms with Gasteiger partial charge >= 0.3 is 12.1 Å². The zero-order chi connectivity index (χ0) is 29.4. The largest absolute Gasteiger partial charge is 0.497 e. The first kappa shape index (κ1) is 34.7. The first-order valence-electron chi connectivity index (χ1n) is 13.9. The van der Waals surface area contributed by atoms with Gasteiger partial charge in [-0.2, -0.15) is 0 Å². The third kappa shape index (κ3) is 14.6. The van der Waals surface area contributed by atoms with Gasteiger partial charge < -0.3 is 33.7 Å². The fourth-order valence-corrected chi connectivity index (χ4v) is 3.95. The molecule has 9 heteroatoms. The SMILES string of the molecule is CCCO[C@@H](COC[C@H](NC(=O)OC(C)(C)C)C(=O)OC)[C@@H](CCC(C)C)C(C)OCc1ccc(OC)cc1. The van der Waals surface area contributed by atoms with E-state index in [2.05, 4.69) is 33.0 Å². The molecule has 1 rings (SSSR count). The summed E-state index contributed by atoms with van der Waals surface area (Å²) in [6.45, 7) is 15.0. The molecule has 1 unspecified atom stereocenters. The van der Waals surface area contributed by atoms with E-state index in [0.29, 0.717) is 19.1 Å². The summed E-state index contributed by atoms with van der Waals surface area (Å²) in [6, 6.07) is 6.82. The zero-order valence-corrected chi connectivity index (χ0v) is 25.4. The fraction of sp³-hybridized carbons (Fsp3) is 0.733. The lowest BCUT2D eigenvalue weighted by molar-refractivity contribution is -0.146. The van der Waals surface area contributed by atoms with Crippen LogP contribution in [0.4, 0.5) is 4.79 Å². The lowest BCUT2D eigenvalue weighted by Gasteiger charge is -2.33. The molecule has 0 aromatic heterocycles. The normalized spacial score (nSPS) is 14.8. The zero-order valence-electron chi connectivity index (χ0n) is 25.4. The Morgan fingerprint density at radius 2 is 1.62 bits per heavy atom. The third-order valence-electron chi connectivity index (χ3n) is 6.11. The highest BCUT2D eigenvalue weighted by molar-refractivity contribution is 5.81. The van der Waals surface area contributed by atoms with E-state index in [1.807, 2.05) is 24.3 Å². The third-order valence-corrected chi connectivity index (χ3v) is 6.11. The molecule has 0 heterocycles. The van der Waals surface area contributed by atoms with Gasteiger partial charge in [-0.15, -0.1) is 0 Å². The van der Waals surface area contributed by atoms with Crippen LogP contribution < -0.4 is 10.1 Å². The fourth-order valence-electron chi connectivity index (χ4n) is 3.95. The summed E-state index contributed by atoms with van der Waals surface area (Å²) < 4.78 is 33.9. The van der Waals surface area contributed by atoms with Crippen molar-refractivity contribution in [3.63, 3.8) is 0 Å². The van der Waals surface area contributed by atoms with E-state index in [1.54, 1.807) is 27.9 Å². The maximum absolute atomic E-state index is 12.3. The summed E-state index contributed by atoms with van der Waals surface area (Å²) in [7, 11) is 2.91. The number of methoxy groups -OCH3 is 2. The molecule has 1 aromatic rings. The van der Waals surface area contributed by atoms with Crippen LogP contribution in [0.2, 0.25) is 0 Å². The molecule has 1 amide bonds. The first-order valence-corrected chi connectivity index (χ1v) is 13.9. The van der Waals surface area contributed by atoms with Crippen molar-refractivity contribution >= 4 is 12.1 Å². The van der Waals surface area contributed by atoms with Gasteiger partial charge in [0.2, 0.25) is 0 Å². The minimum absolute atomic E-state index is 0.0626. The summed E-state index contributed by atoms with van der Waals surface area (Å²) in [5, 5.41) is 2.54. The predicted octanol–water partition coefficient (Wildman–Crippen LogP) is 5.53. The topological polar surface area (TPSA) is 102 Å². The smallest absolute Gasteiger partial charge is 0.408 e.